The van der Waals surface area contributed by atoms with Crippen LogP contribution in [0.1, 0.15) is 37.1 Å². The SMILES string of the molecule is C[C@@H](Nc1cccc2nc3c(N[C@H](C)c4cccc5ccccc45)cccc3nc12)c1cccc2ccccc12. The fourth-order valence-corrected chi connectivity index (χ4v) is 5.83. The van der Waals surface area contributed by atoms with Crippen molar-refractivity contribution in [2.24, 2.45) is 0 Å². The summed E-state index contributed by atoms with van der Waals surface area (Å²) >= 11 is 0. The topological polar surface area (TPSA) is 49.8 Å². The van der Waals surface area contributed by atoms with Crippen LogP contribution in [0.2, 0.25) is 0 Å². The van der Waals surface area contributed by atoms with Gasteiger partial charge in [0.15, 0.2) is 0 Å². The maximum atomic E-state index is 5.11. The van der Waals surface area contributed by atoms with Gasteiger partial charge in [-0.2, -0.15) is 0 Å². The summed E-state index contributed by atoms with van der Waals surface area (Å²) in [5.74, 6) is 0. The van der Waals surface area contributed by atoms with Crippen molar-refractivity contribution in [2.75, 3.05) is 10.6 Å². The van der Waals surface area contributed by atoms with Gasteiger partial charge in [-0.25, -0.2) is 9.97 Å². The zero-order chi connectivity index (χ0) is 27.1. The Balaban J connectivity index is 1.24. The van der Waals surface area contributed by atoms with Crippen LogP contribution < -0.4 is 10.6 Å². The lowest BCUT2D eigenvalue weighted by atomic mass is 9.99. The molecule has 40 heavy (non-hydrogen) atoms. The van der Waals surface area contributed by atoms with Crippen molar-refractivity contribution in [3.8, 4) is 0 Å². The Bertz CT molecular complexity index is 1860. The van der Waals surface area contributed by atoms with Gasteiger partial charge in [-0.15, -0.1) is 0 Å². The maximum Gasteiger partial charge on any atom is 0.113 e. The van der Waals surface area contributed by atoms with Gasteiger partial charge in [-0.1, -0.05) is 97.1 Å². The van der Waals surface area contributed by atoms with Gasteiger partial charge in [-0.05, 0) is 70.8 Å². The van der Waals surface area contributed by atoms with Crippen LogP contribution in [0.15, 0.2) is 121 Å². The second-order valence-corrected chi connectivity index (χ2v) is 10.4. The molecule has 4 nitrogen and oxygen atoms in total. The van der Waals surface area contributed by atoms with Crippen LogP contribution in [0.4, 0.5) is 11.4 Å². The van der Waals surface area contributed by atoms with Crippen LogP contribution in [0.25, 0.3) is 43.6 Å². The summed E-state index contributed by atoms with van der Waals surface area (Å²) in [7, 11) is 0. The van der Waals surface area contributed by atoms with Crippen LogP contribution in [0.5, 0.6) is 0 Å². The van der Waals surface area contributed by atoms with Crippen molar-refractivity contribution in [3.05, 3.63) is 132 Å². The molecule has 0 spiro atoms. The zero-order valence-electron chi connectivity index (χ0n) is 22.6. The van der Waals surface area contributed by atoms with E-state index in [0.717, 1.165) is 33.4 Å². The minimum atomic E-state index is 0.101. The Hall–Kier alpha value is -4.96. The highest BCUT2D eigenvalue weighted by Crippen LogP contribution is 2.33. The number of nitrogens with zero attached hydrogens (tertiary/aromatic N) is 2. The number of hydrogen-bond donors (Lipinski definition) is 2. The smallest absolute Gasteiger partial charge is 0.113 e. The first-order valence-electron chi connectivity index (χ1n) is 13.8. The maximum absolute atomic E-state index is 5.11. The summed E-state index contributed by atoms with van der Waals surface area (Å²) in [6.45, 7) is 4.40. The Labute approximate surface area is 233 Å². The van der Waals surface area contributed by atoms with Crippen molar-refractivity contribution in [1.29, 1.82) is 0 Å². The van der Waals surface area contributed by atoms with E-state index in [2.05, 4.69) is 134 Å². The fourth-order valence-electron chi connectivity index (χ4n) is 5.83. The van der Waals surface area contributed by atoms with E-state index in [1.54, 1.807) is 0 Å². The van der Waals surface area contributed by atoms with E-state index in [4.69, 9.17) is 9.97 Å². The van der Waals surface area contributed by atoms with Gasteiger partial charge in [0.2, 0.25) is 0 Å². The molecule has 0 aliphatic carbocycles. The third-order valence-corrected chi connectivity index (χ3v) is 7.82. The van der Waals surface area contributed by atoms with Gasteiger partial charge in [0.05, 0.1) is 22.4 Å². The molecule has 2 atom stereocenters. The molecular formula is C36H30N4. The minimum Gasteiger partial charge on any atom is -0.377 e. The van der Waals surface area contributed by atoms with E-state index in [1.807, 2.05) is 12.1 Å². The van der Waals surface area contributed by atoms with Gasteiger partial charge in [-0.3, -0.25) is 0 Å². The quantitative estimate of drug-likeness (QED) is 0.215. The molecule has 0 bridgehead atoms. The van der Waals surface area contributed by atoms with Crippen molar-refractivity contribution >= 4 is 55.0 Å². The molecule has 0 aliphatic heterocycles. The molecule has 0 unspecified atom stereocenters. The Morgan fingerprint density at radius 1 is 0.450 bits per heavy atom. The van der Waals surface area contributed by atoms with E-state index < -0.39 is 0 Å². The molecule has 7 aromatic rings. The monoisotopic (exact) mass is 518 g/mol. The van der Waals surface area contributed by atoms with Gasteiger partial charge in [0.1, 0.15) is 11.0 Å². The summed E-state index contributed by atoms with van der Waals surface area (Å²) < 4.78 is 0. The van der Waals surface area contributed by atoms with Crippen LogP contribution >= 0.6 is 0 Å². The van der Waals surface area contributed by atoms with E-state index in [0.29, 0.717) is 0 Å². The first-order chi connectivity index (χ1) is 19.7. The van der Waals surface area contributed by atoms with Crippen molar-refractivity contribution < 1.29 is 0 Å². The highest BCUT2D eigenvalue weighted by atomic mass is 15.0. The summed E-state index contributed by atoms with van der Waals surface area (Å²) in [5, 5.41) is 12.5. The molecule has 6 aromatic carbocycles. The van der Waals surface area contributed by atoms with Crippen LogP contribution in [0.3, 0.4) is 0 Å². The number of anilines is 2. The number of hydrogen-bond acceptors (Lipinski definition) is 4. The fraction of sp³-hybridized carbons (Fsp3) is 0.111. The first-order valence-corrected chi connectivity index (χ1v) is 13.8. The van der Waals surface area contributed by atoms with E-state index in [1.165, 1.54) is 32.7 Å². The number of rotatable bonds is 6. The molecular weight excluding hydrogens is 488 g/mol. The van der Waals surface area contributed by atoms with Crippen LogP contribution in [-0.2, 0) is 0 Å². The van der Waals surface area contributed by atoms with Crippen molar-refractivity contribution in [3.63, 3.8) is 0 Å². The summed E-state index contributed by atoms with van der Waals surface area (Å²) in [4.78, 5) is 10.2. The minimum absolute atomic E-state index is 0.101. The van der Waals surface area contributed by atoms with Gasteiger partial charge >= 0.3 is 0 Å². The molecule has 0 fully saturated rings. The standard InChI is InChI=1S/C36H30N4/c1-23(27-17-7-13-25-11-3-5-15-29(25)27)37-31-19-9-21-33-35(31)39-34-22-10-20-32(36(34)40-33)38-24(2)28-18-8-14-26-12-4-6-16-30(26)28/h3-24,37-38H,1-2H3/t23-,24-/m1/s1. The second kappa shape index (κ2) is 9.97. The third kappa shape index (κ3) is 4.28. The largest absolute Gasteiger partial charge is 0.377 e. The van der Waals surface area contributed by atoms with Gasteiger partial charge in [0, 0.05) is 12.1 Å². The third-order valence-electron chi connectivity index (χ3n) is 7.82. The molecule has 0 amide bonds. The number of para-hydroxylation sites is 2. The zero-order valence-corrected chi connectivity index (χ0v) is 22.6. The van der Waals surface area contributed by atoms with Gasteiger partial charge in [0.25, 0.3) is 0 Å². The van der Waals surface area contributed by atoms with E-state index in [-0.39, 0.29) is 12.1 Å². The molecule has 0 radical (unpaired) electrons. The molecule has 0 saturated carbocycles. The average Bonchev–Trinajstić information content (AvgIpc) is 3.00. The molecule has 0 saturated heterocycles. The highest BCUT2D eigenvalue weighted by Gasteiger charge is 2.15. The lowest BCUT2D eigenvalue weighted by molar-refractivity contribution is 0.895. The molecule has 7 rings (SSSR count). The number of nitrogens with one attached hydrogen (secondary N) is 2. The van der Waals surface area contributed by atoms with Gasteiger partial charge < -0.3 is 10.6 Å². The van der Waals surface area contributed by atoms with Crippen molar-refractivity contribution in [2.45, 2.75) is 25.9 Å². The molecule has 1 heterocycles. The second-order valence-electron chi connectivity index (χ2n) is 10.4. The summed E-state index contributed by atoms with van der Waals surface area (Å²) in [6, 6.07) is 42.6. The lowest BCUT2D eigenvalue weighted by Crippen LogP contribution is -2.09. The Kier molecular flexibility index (Phi) is 6.01. The molecule has 4 heteroatoms. The van der Waals surface area contributed by atoms with Crippen LogP contribution in [-0.4, -0.2) is 9.97 Å². The summed E-state index contributed by atoms with van der Waals surface area (Å²) in [6.07, 6.45) is 0. The average molecular weight is 519 g/mol. The predicted molar refractivity (Wildman–Crippen MR) is 169 cm³/mol. The predicted octanol–water partition coefficient (Wildman–Crippen LogP) is 9.44. The summed E-state index contributed by atoms with van der Waals surface area (Å²) in [5.41, 5.74) is 7.98. The normalized spacial score (nSPS) is 13.1. The van der Waals surface area contributed by atoms with E-state index in [9.17, 15) is 0 Å². The number of fused-ring (bicyclic) bond motifs is 4. The molecule has 194 valence electrons. The van der Waals surface area contributed by atoms with Crippen molar-refractivity contribution in [1.82, 2.24) is 9.97 Å². The Morgan fingerprint density at radius 3 is 1.32 bits per heavy atom. The molecule has 0 aliphatic rings. The number of aromatic nitrogens is 2. The molecule has 1 aromatic heterocycles. The van der Waals surface area contributed by atoms with Crippen LogP contribution in [0, 0.1) is 0 Å². The molecule has 2 N–H and O–H groups in total. The lowest BCUT2D eigenvalue weighted by Gasteiger charge is -2.20. The highest BCUT2D eigenvalue weighted by molar-refractivity contribution is 5.98. The van der Waals surface area contributed by atoms with E-state index >= 15 is 0 Å². The Morgan fingerprint density at radius 2 is 0.850 bits per heavy atom. The first kappa shape index (κ1) is 24.1. The number of benzene rings is 6.